The molecular formula is C13H12ClN3S. The van der Waals surface area contributed by atoms with Crippen LogP contribution in [0.3, 0.4) is 0 Å². The van der Waals surface area contributed by atoms with Crippen molar-refractivity contribution in [2.45, 2.75) is 6.42 Å². The molecule has 0 aliphatic rings. The molecule has 0 aromatic carbocycles. The molecule has 0 unspecified atom stereocenters. The van der Waals surface area contributed by atoms with Gasteiger partial charge in [-0.25, -0.2) is 4.98 Å². The van der Waals surface area contributed by atoms with Gasteiger partial charge in [0.25, 0.3) is 0 Å². The second-order valence-electron chi connectivity index (χ2n) is 3.90. The van der Waals surface area contributed by atoms with E-state index in [-0.39, 0.29) is 0 Å². The third-order valence-corrected chi connectivity index (χ3v) is 3.70. The van der Waals surface area contributed by atoms with Crippen molar-refractivity contribution in [2.24, 2.45) is 0 Å². The summed E-state index contributed by atoms with van der Waals surface area (Å²) < 4.78 is 0. The van der Waals surface area contributed by atoms with Crippen LogP contribution in [0.1, 0.15) is 10.4 Å². The average Bonchev–Trinajstić information content (AvgIpc) is 2.88. The van der Waals surface area contributed by atoms with Gasteiger partial charge in [0.1, 0.15) is 11.0 Å². The summed E-state index contributed by atoms with van der Waals surface area (Å²) >= 11 is 7.63. The second kappa shape index (κ2) is 5.85. The lowest BCUT2D eigenvalue weighted by molar-refractivity contribution is 0.869. The van der Waals surface area contributed by atoms with Gasteiger partial charge in [0, 0.05) is 18.5 Å². The normalized spacial score (nSPS) is 10.1. The summed E-state index contributed by atoms with van der Waals surface area (Å²) in [6, 6.07) is 9.56. The topological polar surface area (TPSA) is 39.9 Å². The van der Waals surface area contributed by atoms with Gasteiger partial charge in [-0.3, -0.25) is 0 Å². The van der Waals surface area contributed by atoms with E-state index < -0.39 is 0 Å². The quantitative estimate of drug-likeness (QED) is 0.805. The van der Waals surface area contributed by atoms with Crippen molar-refractivity contribution >= 4 is 28.8 Å². The number of rotatable bonds is 4. The maximum absolute atomic E-state index is 8.90. The van der Waals surface area contributed by atoms with Gasteiger partial charge in [0.05, 0.1) is 11.6 Å². The third-order valence-electron chi connectivity index (χ3n) is 2.57. The highest BCUT2D eigenvalue weighted by atomic mass is 35.5. The lowest BCUT2D eigenvalue weighted by Gasteiger charge is -2.18. The van der Waals surface area contributed by atoms with E-state index in [4.69, 9.17) is 16.9 Å². The number of halogens is 1. The van der Waals surface area contributed by atoms with Crippen LogP contribution in [-0.4, -0.2) is 18.6 Å². The maximum Gasteiger partial charge on any atom is 0.132 e. The minimum Gasteiger partial charge on any atom is -0.359 e. The van der Waals surface area contributed by atoms with Gasteiger partial charge in [-0.15, -0.1) is 11.3 Å². The molecule has 0 saturated carbocycles. The fraction of sp³-hybridized carbons (Fsp3) is 0.231. The number of thiophene rings is 1. The van der Waals surface area contributed by atoms with Crippen LogP contribution in [0.5, 0.6) is 0 Å². The predicted molar refractivity (Wildman–Crippen MR) is 75.3 cm³/mol. The first-order valence-corrected chi connectivity index (χ1v) is 6.76. The Hall–Kier alpha value is -1.57. The van der Waals surface area contributed by atoms with Crippen molar-refractivity contribution in [3.63, 3.8) is 0 Å². The summed E-state index contributed by atoms with van der Waals surface area (Å²) in [5.74, 6) is 0.732. The highest BCUT2D eigenvalue weighted by Crippen LogP contribution is 2.18. The van der Waals surface area contributed by atoms with Gasteiger partial charge in [-0.1, -0.05) is 17.7 Å². The van der Waals surface area contributed by atoms with Gasteiger partial charge < -0.3 is 4.90 Å². The van der Waals surface area contributed by atoms with Crippen molar-refractivity contribution in [2.75, 3.05) is 18.5 Å². The maximum atomic E-state index is 8.90. The molecule has 0 atom stereocenters. The fourth-order valence-corrected chi connectivity index (χ4v) is 2.49. The van der Waals surface area contributed by atoms with Gasteiger partial charge in [-0.2, -0.15) is 5.26 Å². The van der Waals surface area contributed by atoms with Crippen molar-refractivity contribution < 1.29 is 0 Å². The van der Waals surface area contributed by atoms with Crippen molar-refractivity contribution in [3.8, 4) is 6.07 Å². The van der Waals surface area contributed by atoms with E-state index in [9.17, 15) is 0 Å². The minimum atomic E-state index is 0.354. The van der Waals surface area contributed by atoms with Crippen LogP contribution in [0.15, 0.2) is 29.6 Å². The first-order valence-electron chi connectivity index (χ1n) is 5.50. The van der Waals surface area contributed by atoms with E-state index in [1.54, 1.807) is 23.5 Å². The van der Waals surface area contributed by atoms with Crippen LogP contribution in [0.4, 0.5) is 5.82 Å². The number of pyridine rings is 1. The average molecular weight is 278 g/mol. The van der Waals surface area contributed by atoms with Crippen LogP contribution in [0.25, 0.3) is 0 Å². The standard InChI is InChI=1S/C13H12ClN3S/c1-17(5-4-11-3-2-6-18-11)13-8-10(9-15)7-12(14)16-13/h2-3,6-8H,4-5H2,1H3. The molecule has 0 spiro atoms. The summed E-state index contributed by atoms with van der Waals surface area (Å²) in [5.41, 5.74) is 0.535. The van der Waals surface area contributed by atoms with Crippen LogP contribution >= 0.6 is 22.9 Å². The molecule has 18 heavy (non-hydrogen) atoms. The SMILES string of the molecule is CN(CCc1cccs1)c1cc(C#N)cc(Cl)n1. The zero-order chi connectivity index (χ0) is 13.0. The summed E-state index contributed by atoms with van der Waals surface area (Å²) in [7, 11) is 1.95. The third kappa shape index (κ3) is 3.22. The van der Waals surface area contributed by atoms with Gasteiger partial charge >= 0.3 is 0 Å². The van der Waals surface area contributed by atoms with Crippen molar-refractivity contribution in [1.29, 1.82) is 5.26 Å². The molecule has 2 rings (SSSR count). The Balaban J connectivity index is 2.06. The van der Waals surface area contributed by atoms with Gasteiger partial charge in [0.15, 0.2) is 0 Å². The summed E-state index contributed by atoms with van der Waals surface area (Å²) in [5, 5.41) is 11.3. The molecule has 2 heterocycles. The zero-order valence-corrected chi connectivity index (χ0v) is 11.5. The number of nitrogens with zero attached hydrogens (tertiary/aromatic N) is 3. The van der Waals surface area contributed by atoms with E-state index in [1.807, 2.05) is 18.0 Å². The van der Waals surface area contributed by atoms with Crippen molar-refractivity contribution in [3.05, 3.63) is 45.2 Å². The monoisotopic (exact) mass is 277 g/mol. The molecule has 2 aromatic heterocycles. The Labute approximate surface area is 115 Å². The highest BCUT2D eigenvalue weighted by Gasteiger charge is 2.06. The van der Waals surface area contributed by atoms with E-state index >= 15 is 0 Å². The molecular weight excluding hydrogens is 266 g/mol. The largest absolute Gasteiger partial charge is 0.359 e. The van der Waals surface area contributed by atoms with Crippen molar-refractivity contribution in [1.82, 2.24) is 4.98 Å². The first-order chi connectivity index (χ1) is 8.69. The molecule has 0 aliphatic heterocycles. The number of likely N-dealkylation sites (N-methyl/N-ethyl adjacent to an activating group) is 1. The molecule has 0 bridgehead atoms. The van der Waals surface area contributed by atoms with E-state index in [2.05, 4.69) is 22.5 Å². The molecule has 0 fully saturated rings. The smallest absolute Gasteiger partial charge is 0.132 e. The Morgan fingerprint density at radius 2 is 2.33 bits per heavy atom. The Morgan fingerprint density at radius 1 is 1.50 bits per heavy atom. The van der Waals surface area contributed by atoms with Gasteiger partial charge in [-0.05, 0) is 30.0 Å². The minimum absolute atomic E-state index is 0.354. The molecule has 0 radical (unpaired) electrons. The fourth-order valence-electron chi connectivity index (χ4n) is 1.59. The Kier molecular flexibility index (Phi) is 4.19. The van der Waals surface area contributed by atoms with Crippen LogP contribution in [0.2, 0.25) is 5.15 Å². The van der Waals surface area contributed by atoms with E-state index in [0.29, 0.717) is 10.7 Å². The molecule has 2 aromatic rings. The summed E-state index contributed by atoms with van der Waals surface area (Å²) in [6.45, 7) is 0.846. The molecule has 0 saturated heterocycles. The lowest BCUT2D eigenvalue weighted by Crippen LogP contribution is -2.21. The summed E-state index contributed by atoms with van der Waals surface area (Å²) in [6.07, 6.45) is 0.963. The second-order valence-corrected chi connectivity index (χ2v) is 5.32. The van der Waals surface area contributed by atoms with Crippen LogP contribution < -0.4 is 4.90 Å². The number of aromatic nitrogens is 1. The zero-order valence-electron chi connectivity index (χ0n) is 9.93. The predicted octanol–water partition coefficient (Wildman–Crippen LogP) is 3.35. The Bertz CT molecular complexity index is 560. The van der Waals surface area contributed by atoms with E-state index in [1.165, 1.54) is 4.88 Å². The van der Waals surface area contributed by atoms with Gasteiger partial charge in [0.2, 0.25) is 0 Å². The molecule has 5 heteroatoms. The molecule has 3 nitrogen and oxygen atoms in total. The molecule has 0 aliphatic carbocycles. The summed E-state index contributed by atoms with van der Waals surface area (Å²) in [4.78, 5) is 7.57. The molecule has 0 amide bonds. The Morgan fingerprint density at radius 3 is 3.00 bits per heavy atom. The number of hydrogen-bond acceptors (Lipinski definition) is 4. The highest BCUT2D eigenvalue weighted by molar-refractivity contribution is 7.09. The number of nitriles is 1. The number of hydrogen-bond donors (Lipinski definition) is 0. The lowest BCUT2D eigenvalue weighted by atomic mass is 10.2. The van der Waals surface area contributed by atoms with Crippen LogP contribution in [0, 0.1) is 11.3 Å². The van der Waals surface area contributed by atoms with E-state index in [0.717, 1.165) is 18.8 Å². The first kappa shape index (κ1) is 12.9. The molecule has 92 valence electrons. The number of anilines is 1. The molecule has 0 N–H and O–H groups in total. The van der Waals surface area contributed by atoms with Crippen LogP contribution in [-0.2, 0) is 6.42 Å².